The van der Waals surface area contributed by atoms with Crippen molar-refractivity contribution in [2.24, 2.45) is 0 Å². The highest BCUT2D eigenvalue weighted by Crippen LogP contribution is 2.31. The van der Waals surface area contributed by atoms with Gasteiger partial charge in [-0.05, 0) is 17.2 Å². The van der Waals surface area contributed by atoms with Crippen LogP contribution in [0.1, 0.15) is 64.7 Å². The molecule has 0 aliphatic heterocycles. The van der Waals surface area contributed by atoms with Crippen LogP contribution in [0.4, 0.5) is 5.13 Å². The zero-order valence-electron chi connectivity index (χ0n) is 16.7. The highest BCUT2D eigenvalue weighted by molar-refractivity contribution is 7.14. The molecule has 3 aromatic rings. The summed E-state index contributed by atoms with van der Waals surface area (Å²) in [5.74, 6) is 0.0739. The molecule has 0 saturated heterocycles. The standard InChI is InChI=1S/C24H30N2OS/c1-2-3-4-5-6-7-8-9-17-23(27)26-24-25-22(18-28-24)21-16-12-14-19-13-10-11-15-20(19)21/h10-16,18H,2-9,17H2,1H3,(H,25,26,27). The van der Waals surface area contributed by atoms with Gasteiger partial charge in [0, 0.05) is 17.4 Å². The lowest BCUT2D eigenvalue weighted by atomic mass is 10.0. The second kappa shape index (κ2) is 11.0. The van der Waals surface area contributed by atoms with Crippen molar-refractivity contribution in [3.8, 4) is 11.3 Å². The second-order valence-electron chi connectivity index (χ2n) is 7.34. The summed E-state index contributed by atoms with van der Waals surface area (Å²) in [5.41, 5.74) is 2.03. The minimum absolute atomic E-state index is 0.0739. The predicted molar refractivity (Wildman–Crippen MR) is 121 cm³/mol. The van der Waals surface area contributed by atoms with Crippen LogP contribution in [-0.2, 0) is 4.79 Å². The Morgan fingerprint density at radius 2 is 1.64 bits per heavy atom. The van der Waals surface area contributed by atoms with Crippen molar-refractivity contribution in [1.82, 2.24) is 4.98 Å². The predicted octanol–water partition coefficient (Wildman–Crippen LogP) is 7.43. The van der Waals surface area contributed by atoms with Gasteiger partial charge < -0.3 is 5.32 Å². The Hall–Kier alpha value is -2.20. The fraction of sp³-hybridized carbons (Fsp3) is 0.417. The molecule has 0 atom stereocenters. The maximum absolute atomic E-state index is 12.2. The normalized spacial score (nSPS) is 11.0. The quantitative estimate of drug-likeness (QED) is 0.343. The fourth-order valence-corrected chi connectivity index (χ4v) is 4.23. The molecule has 1 amide bonds. The zero-order chi connectivity index (χ0) is 19.6. The fourth-order valence-electron chi connectivity index (χ4n) is 3.50. The molecule has 0 radical (unpaired) electrons. The molecular formula is C24H30N2OS. The first-order valence-electron chi connectivity index (χ1n) is 10.5. The molecular weight excluding hydrogens is 364 g/mol. The lowest BCUT2D eigenvalue weighted by Crippen LogP contribution is -2.10. The van der Waals surface area contributed by atoms with E-state index in [1.165, 1.54) is 60.6 Å². The van der Waals surface area contributed by atoms with Crippen molar-refractivity contribution in [2.75, 3.05) is 5.32 Å². The van der Waals surface area contributed by atoms with Crippen LogP contribution in [0, 0.1) is 0 Å². The monoisotopic (exact) mass is 394 g/mol. The van der Waals surface area contributed by atoms with Crippen LogP contribution in [0.3, 0.4) is 0 Å². The van der Waals surface area contributed by atoms with Gasteiger partial charge in [-0.3, -0.25) is 4.79 Å². The number of hydrogen-bond acceptors (Lipinski definition) is 3. The molecule has 0 spiro atoms. The number of thiazole rings is 1. The maximum Gasteiger partial charge on any atom is 0.226 e. The molecule has 3 rings (SSSR count). The average Bonchev–Trinajstić information content (AvgIpc) is 3.17. The van der Waals surface area contributed by atoms with E-state index in [9.17, 15) is 4.79 Å². The molecule has 2 aromatic carbocycles. The van der Waals surface area contributed by atoms with Gasteiger partial charge in [-0.25, -0.2) is 4.98 Å². The number of amides is 1. The molecule has 28 heavy (non-hydrogen) atoms. The van der Waals surface area contributed by atoms with Crippen molar-refractivity contribution in [3.05, 3.63) is 47.8 Å². The molecule has 0 fully saturated rings. The van der Waals surface area contributed by atoms with Crippen molar-refractivity contribution < 1.29 is 4.79 Å². The summed E-state index contributed by atoms with van der Waals surface area (Å²) in [6, 6.07) is 14.6. The van der Waals surface area contributed by atoms with Crippen LogP contribution in [0.5, 0.6) is 0 Å². The number of carbonyl (C=O) groups excluding carboxylic acids is 1. The van der Waals surface area contributed by atoms with Crippen LogP contribution in [0.15, 0.2) is 47.8 Å². The summed E-state index contributed by atoms with van der Waals surface area (Å²) >= 11 is 1.49. The van der Waals surface area contributed by atoms with E-state index in [2.05, 4.69) is 47.6 Å². The largest absolute Gasteiger partial charge is 0.302 e. The Labute approximate surface area is 172 Å². The number of anilines is 1. The van der Waals surface area contributed by atoms with Crippen LogP contribution in [0.2, 0.25) is 0 Å². The molecule has 148 valence electrons. The van der Waals surface area contributed by atoms with Gasteiger partial charge in [-0.2, -0.15) is 0 Å². The van der Waals surface area contributed by atoms with Gasteiger partial charge in [-0.15, -0.1) is 11.3 Å². The van der Waals surface area contributed by atoms with Gasteiger partial charge in [-0.1, -0.05) is 94.3 Å². The molecule has 4 heteroatoms. The van der Waals surface area contributed by atoms with Crippen molar-refractivity contribution in [2.45, 2.75) is 64.7 Å². The third-order valence-corrected chi connectivity index (χ3v) is 5.83. The summed E-state index contributed by atoms with van der Waals surface area (Å²) in [6.45, 7) is 2.24. The number of aromatic nitrogens is 1. The van der Waals surface area contributed by atoms with E-state index >= 15 is 0 Å². The molecule has 1 aromatic heterocycles. The van der Waals surface area contributed by atoms with E-state index in [4.69, 9.17) is 0 Å². The minimum atomic E-state index is 0.0739. The van der Waals surface area contributed by atoms with E-state index in [0.717, 1.165) is 24.1 Å². The van der Waals surface area contributed by atoms with E-state index < -0.39 is 0 Å². The minimum Gasteiger partial charge on any atom is -0.302 e. The number of carbonyl (C=O) groups is 1. The van der Waals surface area contributed by atoms with E-state index in [0.29, 0.717) is 11.6 Å². The lowest BCUT2D eigenvalue weighted by Gasteiger charge is -2.04. The molecule has 0 aliphatic rings. The Morgan fingerprint density at radius 3 is 2.46 bits per heavy atom. The third-order valence-electron chi connectivity index (χ3n) is 5.07. The molecule has 3 nitrogen and oxygen atoms in total. The molecule has 1 heterocycles. The average molecular weight is 395 g/mol. The molecule has 1 N–H and O–H groups in total. The van der Waals surface area contributed by atoms with Crippen LogP contribution in [-0.4, -0.2) is 10.9 Å². The van der Waals surface area contributed by atoms with E-state index in [1.807, 2.05) is 17.5 Å². The Kier molecular flexibility index (Phi) is 8.04. The van der Waals surface area contributed by atoms with Crippen molar-refractivity contribution >= 4 is 33.1 Å². The molecule has 0 unspecified atom stereocenters. The Morgan fingerprint density at radius 1 is 0.929 bits per heavy atom. The van der Waals surface area contributed by atoms with Gasteiger partial charge in [0.2, 0.25) is 5.91 Å². The first-order chi connectivity index (χ1) is 13.8. The SMILES string of the molecule is CCCCCCCCCCC(=O)Nc1nc(-c2cccc3ccccc23)cs1. The summed E-state index contributed by atoms with van der Waals surface area (Å²) in [4.78, 5) is 16.8. The third kappa shape index (κ3) is 5.90. The Balaban J connectivity index is 1.46. The van der Waals surface area contributed by atoms with E-state index in [1.54, 1.807) is 0 Å². The summed E-state index contributed by atoms with van der Waals surface area (Å²) in [5, 5.41) is 8.07. The zero-order valence-corrected chi connectivity index (χ0v) is 17.6. The number of rotatable bonds is 11. The molecule has 0 saturated carbocycles. The first-order valence-corrected chi connectivity index (χ1v) is 11.4. The molecule has 0 bridgehead atoms. The number of nitrogens with one attached hydrogen (secondary N) is 1. The summed E-state index contributed by atoms with van der Waals surface area (Å²) in [7, 11) is 0. The van der Waals surface area contributed by atoms with Gasteiger partial charge in [0.1, 0.15) is 0 Å². The number of benzene rings is 2. The number of nitrogens with zero attached hydrogens (tertiary/aromatic N) is 1. The van der Waals surface area contributed by atoms with Gasteiger partial charge in [0.25, 0.3) is 0 Å². The summed E-state index contributed by atoms with van der Waals surface area (Å²) in [6.07, 6.45) is 10.5. The number of hydrogen-bond donors (Lipinski definition) is 1. The second-order valence-corrected chi connectivity index (χ2v) is 8.20. The van der Waals surface area contributed by atoms with Gasteiger partial charge in [0.05, 0.1) is 5.69 Å². The Bertz CT molecular complexity index is 882. The highest BCUT2D eigenvalue weighted by atomic mass is 32.1. The van der Waals surface area contributed by atoms with Crippen LogP contribution >= 0.6 is 11.3 Å². The van der Waals surface area contributed by atoms with Crippen LogP contribution < -0.4 is 5.32 Å². The summed E-state index contributed by atoms with van der Waals surface area (Å²) < 4.78 is 0. The van der Waals surface area contributed by atoms with Gasteiger partial charge in [0.15, 0.2) is 5.13 Å². The van der Waals surface area contributed by atoms with E-state index in [-0.39, 0.29) is 5.91 Å². The highest BCUT2D eigenvalue weighted by Gasteiger charge is 2.10. The smallest absolute Gasteiger partial charge is 0.226 e. The number of unbranched alkanes of at least 4 members (excludes halogenated alkanes) is 7. The van der Waals surface area contributed by atoms with Crippen molar-refractivity contribution in [1.29, 1.82) is 0 Å². The van der Waals surface area contributed by atoms with Crippen molar-refractivity contribution in [3.63, 3.8) is 0 Å². The molecule has 0 aliphatic carbocycles. The lowest BCUT2D eigenvalue weighted by molar-refractivity contribution is -0.116. The first kappa shape index (κ1) is 20.5. The van der Waals surface area contributed by atoms with Gasteiger partial charge >= 0.3 is 0 Å². The maximum atomic E-state index is 12.2. The van der Waals surface area contributed by atoms with Crippen LogP contribution in [0.25, 0.3) is 22.0 Å². The topological polar surface area (TPSA) is 42.0 Å². The number of fused-ring (bicyclic) bond motifs is 1.